The molecule has 19 heavy (non-hydrogen) atoms. The van der Waals surface area contributed by atoms with Crippen molar-refractivity contribution in [1.82, 2.24) is 5.32 Å². The fourth-order valence-corrected chi connectivity index (χ4v) is 2.37. The van der Waals surface area contributed by atoms with Crippen LogP contribution in [0.15, 0.2) is 0 Å². The van der Waals surface area contributed by atoms with Crippen molar-refractivity contribution in [2.45, 2.75) is 56.5 Å². The number of aliphatic carboxylic acids is 2. The van der Waals surface area contributed by atoms with Gasteiger partial charge in [-0.15, -0.1) is 0 Å². The lowest BCUT2D eigenvalue weighted by Crippen LogP contribution is -2.49. The van der Waals surface area contributed by atoms with Crippen LogP contribution in [0.2, 0.25) is 0 Å². The number of carboxylic acids is 2. The first-order valence-electron chi connectivity index (χ1n) is 6.35. The van der Waals surface area contributed by atoms with Crippen molar-refractivity contribution in [2.75, 3.05) is 0 Å². The van der Waals surface area contributed by atoms with E-state index in [4.69, 9.17) is 15.9 Å². The van der Waals surface area contributed by atoms with Crippen LogP contribution in [-0.4, -0.2) is 39.6 Å². The molecule has 0 saturated heterocycles. The van der Waals surface area contributed by atoms with Crippen molar-refractivity contribution >= 4 is 17.8 Å². The second-order valence-electron chi connectivity index (χ2n) is 5.16. The average molecular weight is 272 g/mol. The molecular weight excluding hydrogens is 252 g/mol. The van der Waals surface area contributed by atoms with Gasteiger partial charge in [-0.1, -0.05) is 19.3 Å². The van der Waals surface area contributed by atoms with E-state index in [-0.39, 0.29) is 6.42 Å². The third kappa shape index (κ3) is 5.25. The maximum Gasteiger partial charge on any atom is 0.326 e. The summed E-state index contributed by atoms with van der Waals surface area (Å²) in [5.41, 5.74) is 5.50. The standard InChI is InChI=1S/C12H20N2O5/c13-12(4-2-1-3-5-12)7-9(15)14-8(11(18)19)6-10(16)17/h8H,1-7,13H2,(H,14,15)(H,16,17)(H,18,19). The summed E-state index contributed by atoms with van der Waals surface area (Å²) in [5, 5.41) is 19.6. The number of nitrogens with one attached hydrogen (secondary N) is 1. The summed E-state index contributed by atoms with van der Waals surface area (Å²) in [6.45, 7) is 0. The molecule has 5 N–H and O–H groups in total. The zero-order valence-electron chi connectivity index (χ0n) is 10.7. The molecule has 1 rings (SSSR count). The maximum absolute atomic E-state index is 11.8. The minimum Gasteiger partial charge on any atom is -0.481 e. The van der Waals surface area contributed by atoms with Gasteiger partial charge in [0.2, 0.25) is 5.91 Å². The van der Waals surface area contributed by atoms with Crippen molar-refractivity contribution in [3.63, 3.8) is 0 Å². The molecule has 0 aromatic carbocycles. The first-order valence-corrected chi connectivity index (χ1v) is 6.35. The molecule has 7 heteroatoms. The van der Waals surface area contributed by atoms with Crippen molar-refractivity contribution < 1.29 is 24.6 Å². The lowest BCUT2D eigenvalue weighted by atomic mass is 9.80. The number of carbonyl (C=O) groups excluding carboxylic acids is 1. The molecule has 108 valence electrons. The Labute approximate surface area is 111 Å². The van der Waals surface area contributed by atoms with E-state index in [1.54, 1.807) is 0 Å². The topological polar surface area (TPSA) is 130 Å². The second-order valence-corrected chi connectivity index (χ2v) is 5.16. The van der Waals surface area contributed by atoms with E-state index in [0.717, 1.165) is 32.1 Å². The minimum absolute atomic E-state index is 0.0381. The van der Waals surface area contributed by atoms with E-state index in [9.17, 15) is 14.4 Å². The minimum atomic E-state index is -1.41. The van der Waals surface area contributed by atoms with Gasteiger partial charge in [-0.25, -0.2) is 4.79 Å². The van der Waals surface area contributed by atoms with Crippen molar-refractivity contribution in [3.05, 3.63) is 0 Å². The Morgan fingerprint density at radius 1 is 1.16 bits per heavy atom. The molecule has 7 nitrogen and oxygen atoms in total. The van der Waals surface area contributed by atoms with Crippen LogP contribution in [0.5, 0.6) is 0 Å². The van der Waals surface area contributed by atoms with Crippen LogP contribution in [-0.2, 0) is 14.4 Å². The van der Waals surface area contributed by atoms with Crippen LogP contribution in [0.1, 0.15) is 44.9 Å². The molecule has 0 aliphatic heterocycles. The van der Waals surface area contributed by atoms with Gasteiger partial charge in [-0.3, -0.25) is 9.59 Å². The Kier molecular flexibility index (Phi) is 5.29. The number of hydrogen-bond donors (Lipinski definition) is 4. The van der Waals surface area contributed by atoms with Gasteiger partial charge < -0.3 is 21.3 Å². The summed E-state index contributed by atoms with van der Waals surface area (Å²) < 4.78 is 0. The summed E-state index contributed by atoms with van der Waals surface area (Å²) in [5.74, 6) is -3.13. The smallest absolute Gasteiger partial charge is 0.326 e. The molecule has 0 spiro atoms. The van der Waals surface area contributed by atoms with E-state index in [2.05, 4.69) is 5.32 Å². The van der Waals surface area contributed by atoms with Crippen LogP contribution < -0.4 is 11.1 Å². The molecule has 1 saturated carbocycles. The molecule has 0 bridgehead atoms. The predicted octanol–water partition coefficient (Wildman–Crippen LogP) is 0.0822. The van der Waals surface area contributed by atoms with Gasteiger partial charge >= 0.3 is 11.9 Å². The Bertz CT molecular complexity index is 363. The SMILES string of the molecule is NC1(CC(=O)NC(CC(=O)O)C(=O)O)CCCCC1. The average Bonchev–Trinajstić information content (AvgIpc) is 2.27. The van der Waals surface area contributed by atoms with Crippen LogP contribution in [0.4, 0.5) is 0 Å². The van der Waals surface area contributed by atoms with E-state index >= 15 is 0 Å². The predicted molar refractivity (Wildman–Crippen MR) is 66.4 cm³/mol. The van der Waals surface area contributed by atoms with E-state index < -0.39 is 35.8 Å². The third-order valence-electron chi connectivity index (χ3n) is 3.37. The molecule has 0 heterocycles. The van der Waals surface area contributed by atoms with Gasteiger partial charge in [-0.05, 0) is 12.8 Å². The lowest BCUT2D eigenvalue weighted by molar-refractivity contribution is -0.147. The Morgan fingerprint density at radius 3 is 2.21 bits per heavy atom. The Morgan fingerprint density at radius 2 is 1.74 bits per heavy atom. The highest BCUT2D eigenvalue weighted by atomic mass is 16.4. The zero-order chi connectivity index (χ0) is 14.5. The van der Waals surface area contributed by atoms with Crippen LogP contribution >= 0.6 is 0 Å². The van der Waals surface area contributed by atoms with Crippen molar-refractivity contribution in [1.29, 1.82) is 0 Å². The quantitative estimate of drug-likeness (QED) is 0.542. The van der Waals surface area contributed by atoms with Gasteiger partial charge in [0.05, 0.1) is 6.42 Å². The van der Waals surface area contributed by atoms with E-state index in [0.29, 0.717) is 0 Å². The maximum atomic E-state index is 11.8. The molecule has 1 fully saturated rings. The van der Waals surface area contributed by atoms with Crippen molar-refractivity contribution in [2.24, 2.45) is 5.73 Å². The molecular formula is C12H20N2O5. The number of nitrogens with two attached hydrogens (primary N) is 1. The number of hydrogen-bond acceptors (Lipinski definition) is 4. The van der Waals surface area contributed by atoms with Gasteiger partial charge in [0.1, 0.15) is 6.04 Å². The number of rotatable bonds is 6. The number of carbonyl (C=O) groups is 3. The van der Waals surface area contributed by atoms with Gasteiger partial charge in [-0.2, -0.15) is 0 Å². The molecule has 1 amide bonds. The lowest BCUT2D eigenvalue weighted by Gasteiger charge is -2.33. The molecule has 1 unspecified atom stereocenters. The molecule has 1 atom stereocenters. The van der Waals surface area contributed by atoms with Crippen LogP contribution in [0, 0.1) is 0 Å². The summed E-state index contributed by atoms with van der Waals surface area (Å²) in [6, 6.07) is -1.41. The fourth-order valence-electron chi connectivity index (χ4n) is 2.37. The summed E-state index contributed by atoms with van der Waals surface area (Å²) in [4.78, 5) is 33.1. The summed E-state index contributed by atoms with van der Waals surface area (Å²) in [7, 11) is 0. The zero-order valence-corrected chi connectivity index (χ0v) is 10.7. The second kappa shape index (κ2) is 6.51. The number of amides is 1. The largest absolute Gasteiger partial charge is 0.481 e. The molecule has 1 aliphatic rings. The van der Waals surface area contributed by atoms with Gasteiger partial charge in [0.15, 0.2) is 0 Å². The summed E-state index contributed by atoms with van der Waals surface area (Å²) >= 11 is 0. The first-order chi connectivity index (χ1) is 8.82. The summed E-state index contributed by atoms with van der Waals surface area (Å²) in [6.07, 6.45) is 3.88. The number of carboxylic acid groups (broad SMARTS) is 2. The monoisotopic (exact) mass is 272 g/mol. The molecule has 0 aromatic heterocycles. The van der Waals surface area contributed by atoms with E-state index in [1.165, 1.54) is 0 Å². The Balaban J connectivity index is 2.52. The first kappa shape index (κ1) is 15.4. The van der Waals surface area contributed by atoms with Crippen molar-refractivity contribution in [3.8, 4) is 0 Å². The highest BCUT2D eigenvalue weighted by Crippen LogP contribution is 2.28. The highest BCUT2D eigenvalue weighted by molar-refractivity contribution is 5.87. The Hall–Kier alpha value is -1.63. The molecule has 1 aliphatic carbocycles. The van der Waals surface area contributed by atoms with Gasteiger partial charge in [0, 0.05) is 12.0 Å². The highest BCUT2D eigenvalue weighted by Gasteiger charge is 2.32. The van der Waals surface area contributed by atoms with Crippen LogP contribution in [0.25, 0.3) is 0 Å². The van der Waals surface area contributed by atoms with Gasteiger partial charge in [0.25, 0.3) is 0 Å². The molecule has 0 aromatic rings. The fraction of sp³-hybridized carbons (Fsp3) is 0.750. The molecule has 0 radical (unpaired) electrons. The normalized spacial score (nSPS) is 19.4. The third-order valence-corrected chi connectivity index (χ3v) is 3.37. The van der Waals surface area contributed by atoms with Crippen LogP contribution in [0.3, 0.4) is 0 Å². The van der Waals surface area contributed by atoms with E-state index in [1.807, 2.05) is 0 Å².